The van der Waals surface area contributed by atoms with Crippen LogP contribution in [-0.2, 0) is 4.74 Å². The van der Waals surface area contributed by atoms with Crippen molar-refractivity contribution in [3.63, 3.8) is 0 Å². The number of hydrogen-bond acceptors (Lipinski definition) is 3. The van der Waals surface area contributed by atoms with Gasteiger partial charge >= 0.3 is 11.9 Å². The van der Waals surface area contributed by atoms with Gasteiger partial charge in [-0.1, -0.05) is 54.6 Å². The van der Waals surface area contributed by atoms with Crippen molar-refractivity contribution in [1.29, 1.82) is 0 Å². The van der Waals surface area contributed by atoms with Crippen LogP contribution in [0.4, 0.5) is 0 Å². The maximum absolute atomic E-state index is 12.2. The van der Waals surface area contributed by atoms with Crippen LogP contribution in [0.1, 0.15) is 20.7 Å². The van der Waals surface area contributed by atoms with Gasteiger partial charge in [-0.05, 0) is 29.0 Å². The van der Waals surface area contributed by atoms with Crippen molar-refractivity contribution in [3.8, 4) is 0 Å². The van der Waals surface area contributed by atoms with Crippen LogP contribution in [0.25, 0.3) is 10.8 Å². The molecule has 0 amide bonds. The molecule has 0 fully saturated rings. The molecule has 3 nitrogen and oxygen atoms in total. The smallest absolute Gasteiger partial charge is 0.346 e. The average molecular weight is 276 g/mol. The van der Waals surface area contributed by atoms with E-state index in [1.165, 1.54) is 0 Å². The molecule has 0 atom stereocenters. The summed E-state index contributed by atoms with van der Waals surface area (Å²) in [5.41, 5.74) is 0.739. The summed E-state index contributed by atoms with van der Waals surface area (Å²) in [7, 11) is 0. The van der Waals surface area contributed by atoms with Crippen molar-refractivity contribution in [2.45, 2.75) is 0 Å². The highest BCUT2D eigenvalue weighted by atomic mass is 16.6. The Kier molecular flexibility index (Phi) is 3.48. The van der Waals surface area contributed by atoms with Crippen molar-refractivity contribution >= 4 is 22.7 Å². The Balaban J connectivity index is 1.90. The first-order chi connectivity index (χ1) is 10.3. The van der Waals surface area contributed by atoms with E-state index in [0.29, 0.717) is 11.1 Å². The normalized spacial score (nSPS) is 10.3. The van der Waals surface area contributed by atoms with E-state index < -0.39 is 11.9 Å². The molecule has 3 aromatic rings. The summed E-state index contributed by atoms with van der Waals surface area (Å²) < 4.78 is 4.95. The lowest BCUT2D eigenvalue weighted by Crippen LogP contribution is -2.13. The fraction of sp³-hybridized carbons (Fsp3) is 0. The van der Waals surface area contributed by atoms with Gasteiger partial charge in [-0.25, -0.2) is 9.59 Å². The summed E-state index contributed by atoms with van der Waals surface area (Å²) in [5.74, 6) is -1.28. The van der Waals surface area contributed by atoms with Crippen LogP contribution in [0.3, 0.4) is 0 Å². The minimum absolute atomic E-state index is 0.353. The van der Waals surface area contributed by atoms with E-state index in [1.54, 1.807) is 42.5 Å². The third kappa shape index (κ3) is 2.67. The van der Waals surface area contributed by atoms with Crippen LogP contribution in [0.15, 0.2) is 72.8 Å². The highest BCUT2D eigenvalue weighted by Gasteiger charge is 2.16. The van der Waals surface area contributed by atoms with E-state index in [-0.39, 0.29) is 0 Å². The Morgan fingerprint density at radius 1 is 0.667 bits per heavy atom. The second-order valence-corrected chi connectivity index (χ2v) is 4.57. The van der Waals surface area contributed by atoms with Crippen LogP contribution in [0.5, 0.6) is 0 Å². The number of ether oxygens (including phenoxy) is 1. The van der Waals surface area contributed by atoms with Crippen LogP contribution in [0.2, 0.25) is 0 Å². The summed E-state index contributed by atoms with van der Waals surface area (Å²) in [6, 6.07) is 21.3. The van der Waals surface area contributed by atoms with Crippen molar-refractivity contribution in [2.75, 3.05) is 0 Å². The minimum Gasteiger partial charge on any atom is -0.386 e. The molecule has 0 aliphatic carbocycles. The minimum atomic E-state index is -0.645. The fourth-order valence-electron chi connectivity index (χ4n) is 2.18. The third-order valence-corrected chi connectivity index (χ3v) is 3.20. The molecule has 102 valence electrons. The van der Waals surface area contributed by atoms with Gasteiger partial charge in [0.2, 0.25) is 0 Å². The Morgan fingerprint density at radius 3 is 2.14 bits per heavy atom. The lowest BCUT2D eigenvalue weighted by Gasteiger charge is -2.06. The molecule has 0 radical (unpaired) electrons. The topological polar surface area (TPSA) is 43.4 Å². The number of rotatable bonds is 2. The largest absolute Gasteiger partial charge is 0.386 e. The maximum Gasteiger partial charge on any atom is 0.346 e. The van der Waals surface area contributed by atoms with Gasteiger partial charge in [-0.15, -0.1) is 0 Å². The van der Waals surface area contributed by atoms with Gasteiger partial charge in [0.15, 0.2) is 0 Å². The summed E-state index contributed by atoms with van der Waals surface area (Å²) >= 11 is 0. The van der Waals surface area contributed by atoms with Gasteiger partial charge in [0.1, 0.15) is 0 Å². The summed E-state index contributed by atoms with van der Waals surface area (Å²) in [6.07, 6.45) is 0. The molecule has 0 aliphatic heterocycles. The second-order valence-electron chi connectivity index (χ2n) is 4.57. The number of fused-ring (bicyclic) bond motifs is 1. The van der Waals surface area contributed by atoms with Crippen molar-refractivity contribution in [1.82, 2.24) is 0 Å². The molecule has 0 bridgehead atoms. The number of carbonyl (C=O) groups excluding carboxylic acids is 2. The van der Waals surface area contributed by atoms with E-state index in [9.17, 15) is 9.59 Å². The molecule has 0 saturated heterocycles. The van der Waals surface area contributed by atoms with Gasteiger partial charge < -0.3 is 4.74 Å². The highest BCUT2D eigenvalue weighted by Crippen LogP contribution is 2.19. The lowest BCUT2D eigenvalue weighted by atomic mass is 10.0. The summed E-state index contributed by atoms with van der Waals surface area (Å²) in [6.45, 7) is 0. The van der Waals surface area contributed by atoms with E-state index in [4.69, 9.17) is 4.74 Å². The maximum atomic E-state index is 12.2. The quantitative estimate of drug-likeness (QED) is 0.527. The van der Waals surface area contributed by atoms with Gasteiger partial charge in [0.25, 0.3) is 0 Å². The average Bonchev–Trinajstić information content (AvgIpc) is 2.55. The zero-order valence-electron chi connectivity index (χ0n) is 11.2. The van der Waals surface area contributed by atoms with Gasteiger partial charge in [0.05, 0.1) is 11.1 Å². The summed E-state index contributed by atoms with van der Waals surface area (Å²) in [4.78, 5) is 24.1. The van der Waals surface area contributed by atoms with Crippen molar-refractivity contribution < 1.29 is 14.3 Å². The monoisotopic (exact) mass is 276 g/mol. The molecule has 0 aromatic heterocycles. The predicted molar refractivity (Wildman–Crippen MR) is 80.1 cm³/mol. The van der Waals surface area contributed by atoms with E-state index in [0.717, 1.165) is 10.8 Å². The van der Waals surface area contributed by atoms with Crippen molar-refractivity contribution in [2.24, 2.45) is 0 Å². The Bertz CT molecular complexity index is 802. The number of benzene rings is 3. The molecular formula is C18H12O3. The summed E-state index contributed by atoms with van der Waals surface area (Å²) in [5, 5.41) is 1.70. The molecule has 21 heavy (non-hydrogen) atoms. The molecule has 0 N–H and O–H groups in total. The van der Waals surface area contributed by atoms with E-state index >= 15 is 0 Å². The van der Waals surface area contributed by atoms with E-state index in [2.05, 4.69) is 0 Å². The first-order valence-corrected chi connectivity index (χ1v) is 6.55. The van der Waals surface area contributed by atoms with Gasteiger partial charge in [0, 0.05) is 0 Å². The van der Waals surface area contributed by atoms with Crippen LogP contribution in [0, 0.1) is 0 Å². The Labute approximate surface area is 121 Å². The molecule has 0 heterocycles. The number of carbonyl (C=O) groups is 2. The molecule has 3 heteroatoms. The molecule has 0 aliphatic rings. The fourth-order valence-corrected chi connectivity index (χ4v) is 2.18. The number of esters is 2. The van der Waals surface area contributed by atoms with E-state index in [1.807, 2.05) is 30.3 Å². The predicted octanol–water partition coefficient (Wildman–Crippen LogP) is 3.84. The first-order valence-electron chi connectivity index (χ1n) is 6.55. The molecule has 0 saturated carbocycles. The van der Waals surface area contributed by atoms with Gasteiger partial charge in [-0.3, -0.25) is 0 Å². The Morgan fingerprint density at radius 2 is 1.33 bits per heavy atom. The SMILES string of the molecule is O=C(OC(=O)c1cccc2ccccc12)c1ccccc1. The lowest BCUT2D eigenvalue weighted by molar-refractivity contribution is 0.0399. The molecule has 0 unspecified atom stereocenters. The zero-order valence-corrected chi connectivity index (χ0v) is 11.2. The van der Waals surface area contributed by atoms with Crippen LogP contribution in [-0.4, -0.2) is 11.9 Å². The highest BCUT2D eigenvalue weighted by molar-refractivity contribution is 6.09. The first kappa shape index (κ1) is 13.1. The van der Waals surface area contributed by atoms with Gasteiger partial charge in [-0.2, -0.15) is 0 Å². The van der Waals surface area contributed by atoms with Crippen LogP contribution < -0.4 is 0 Å². The Hall–Kier alpha value is -2.94. The van der Waals surface area contributed by atoms with Crippen LogP contribution >= 0.6 is 0 Å². The third-order valence-electron chi connectivity index (χ3n) is 3.20. The molecule has 3 aromatic carbocycles. The van der Waals surface area contributed by atoms with Crippen molar-refractivity contribution in [3.05, 3.63) is 83.9 Å². The second kappa shape index (κ2) is 5.59. The molecular weight excluding hydrogens is 264 g/mol. The molecule has 3 rings (SSSR count). The number of hydrogen-bond donors (Lipinski definition) is 0. The zero-order chi connectivity index (χ0) is 14.7. The standard InChI is InChI=1S/C18H12O3/c19-17(14-8-2-1-3-9-14)21-18(20)16-12-6-10-13-7-4-5-11-15(13)16/h1-12H. The molecule has 0 spiro atoms.